The van der Waals surface area contributed by atoms with Crippen molar-refractivity contribution in [2.45, 2.75) is 46.3 Å². The number of benzene rings is 1. The normalized spacial score (nSPS) is 16.0. The molecule has 3 aromatic rings. The molecule has 0 bridgehead atoms. The Morgan fingerprint density at radius 3 is 2.71 bits per heavy atom. The summed E-state index contributed by atoms with van der Waals surface area (Å²) in [5, 5.41) is 19.9. The minimum absolute atomic E-state index is 0.119. The molecule has 0 amide bonds. The molecule has 1 atom stereocenters. The zero-order valence-electron chi connectivity index (χ0n) is 18.8. The number of ether oxygens (including phenoxy) is 1. The number of fused-ring (bicyclic) bond motifs is 1. The van der Waals surface area contributed by atoms with Crippen LogP contribution in [0.25, 0.3) is 0 Å². The number of guanidine groups is 1. The van der Waals surface area contributed by atoms with Gasteiger partial charge in [-0.05, 0) is 26.8 Å². The SMILES string of the molecule is Cc1nn(C)c(C)c1CN=C(NCc1nnc(C)n1C)NC1CCOc2ccccc21. The van der Waals surface area contributed by atoms with Gasteiger partial charge in [0, 0.05) is 37.3 Å². The molecule has 0 saturated carbocycles. The largest absolute Gasteiger partial charge is 0.493 e. The Hall–Kier alpha value is -3.36. The van der Waals surface area contributed by atoms with E-state index in [1.54, 1.807) is 0 Å². The number of nitrogens with one attached hydrogen (secondary N) is 2. The summed E-state index contributed by atoms with van der Waals surface area (Å²) < 4.78 is 9.69. The standard InChI is InChI=1S/C22H30N8O/c1-14-18(15(2)30(5)28-14)12-23-22(24-13-21-27-26-16(3)29(21)4)25-19-10-11-31-20-9-7-6-8-17(19)20/h6-9,19H,10-13H2,1-5H3,(H2,23,24,25). The molecule has 1 aromatic carbocycles. The molecule has 9 heteroatoms. The minimum atomic E-state index is 0.119. The second-order valence-electron chi connectivity index (χ2n) is 7.89. The first-order chi connectivity index (χ1) is 14.9. The lowest BCUT2D eigenvalue weighted by Gasteiger charge is -2.28. The molecule has 0 fully saturated rings. The van der Waals surface area contributed by atoms with Gasteiger partial charge in [0.2, 0.25) is 0 Å². The van der Waals surface area contributed by atoms with Crippen LogP contribution in [-0.4, -0.2) is 37.1 Å². The number of aromatic nitrogens is 5. The maximum Gasteiger partial charge on any atom is 0.192 e. The second kappa shape index (κ2) is 8.79. The van der Waals surface area contributed by atoms with Gasteiger partial charge in [-0.1, -0.05) is 18.2 Å². The lowest BCUT2D eigenvalue weighted by molar-refractivity contribution is 0.261. The molecule has 2 aromatic heterocycles. The number of nitrogens with zero attached hydrogens (tertiary/aromatic N) is 6. The van der Waals surface area contributed by atoms with Crippen molar-refractivity contribution in [3.05, 3.63) is 58.4 Å². The summed E-state index contributed by atoms with van der Waals surface area (Å²) in [4.78, 5) is 4.89. The Morgan fingerprint density at radius 2 is 2.00 bits per heavy atom. The van der Waals surface area contributed by atoms with Crippen molar-refractivity contribution in [2.24, 2.45) is 19.1 Å². The van der Waals surface area contributed by atoms with Gasteiger partial charge in [0.1, 0.15) is 11.6 Å². The van der Waals surface area contributed by atoms with E-state index >= 15 is 0 Å². The van der Waals surface area contributed by atoms with E-state index < -0.39 is 0 Å². The number of aryl methyl sites for hydroxylation is 3. The topological polar surface area (TPSA) is 94.2 Å². The second-order valence-corrected chi connectivity index (χ2v) is 7.89. The highest BCUT2D eigenvalue weighted by Crippen LogP contribution is 2.31. The molecule has 1 aliphatic rings. The zero-order chi connectivity index (χ0) is 22.0. The van der Waals surface area contributed by atoms with Crippen LogP contribution < -0.4 is 15.4 Å². The quantitative estimate of drug-likeness (QED) is 0.484. The number of rotatable bonds is 5. The molecule has 1 aliphatic heterocycles. The van der Waals surface area contributed by atoms with Crippen molar-refractivity contribution >= 4 is 5.96 Å². The first kappa shape index (κ1) is 20.9. The van der Waals surface area contributed by atoms with E-state index in [1.807, 2.05) is 55.4 Å². The predicted octanol–water partition coefficient (Wildman–Crippen LogP) is 2.23. The van der Waals surface area contributed by atoms with Gasteiger partial charge in [0.25, 0.3) is 0 Å². The molecule has 4 rings (SSSR count). The fourth-order valence-corrected chi connectivity index (χ4v) is 3.78. The molecular formula is C22H30N8O. The maximum atomic E-state index is 5.81. The fraction of sp³-hybridized carbons (Fsp3) is 0.455. The summed E-state index contributed by atoms with van der Waals surface area (Å²) in [6.07, 6.45) is 0.867. The molecule has 2 N–H and O–H groups in total. The third kappa shape index (κ3) is 4.40. The van der Waals surface area contributed by atoms with Crippen LogP contribution >= 0.6 is 0 Å². The highest BCUT2D eigenvalue weighted by atomic mass is 16.5. The molecule has 0 saturated heterocycles. The van der Waals surface area contributed by atoms with Crippen LogP contribution in [0.5, 0.6) is 5.75 Å². The first-order valence-corrected chi connectivity index (χ1v) is 10.5. The van der Waals surface area contributed by atoms with Crippen molar-refractivity contribution < 1.29 is 4.74 Å². The summed E-state index contributed by atoms with van der Waals surface area (Å²) in [6.45, 7) is 7.78. The van der Waals surface area contributed by atoms with Crippen LogP contribution in [0.1, 0.15) is 46.6 Å². The first-order valence-electron chi connectivity index (χ1n) is 10.5. The van der Waals surface area contributed by atoms with E-state index in [2.05, 4.69) is 38.9 Å². The molecule has 3 heterocycles. The Kier molecular flexibility index (Phi) is 5.92. The molecule has 9 nitrogen and oxygen atoms in total. The lowest BCUT2D eigenvalue weighted by Crippen LogP contribution is -2.41. The molecular weight excluding hydrogens is 392 g/mol. The predicted molar refractivity (Wildman–Crippen MR) is 119 cm³/mol. The fourth-order valence-electron chi connectivity index (χ4n) is 3.78. The molecule has 1 unspecified atom stereocenters. The van der Waals surface area contributed by atoms with E-state index in [1.165, 1.54) is 0 Å². The maximum absolute atomic E-state index is 5.81. The van der Waals surface area contributed by atoms with Crippen LogP contribution in [0.15, 0.2) is 29.3 Å². The van der Waals surface area contributed by atoms with Crippen LogP contribution in [0.2, 0.25) is 0 Å². The average molecular weight is 423 g/mol. The van der Waals surface area contributed by atoms with Crippen molar-refractivity contribution in [3.8, 4) is 5.75 Å². The number of hydrogen-bond donors (Lipinski definition) is 2. The van der Waals surface area contributed by atoms with Crippen LogP contribution in [0, 0.1) is 20.8 Å². The van der Waals surface area contributed by atoms with Gasteiger partial charge in [-0.15, -0.1) is 10.2 Å². The van der Waals surface area contributed by atoms with Gasteiger partial charge in [0.05, 0.1) is 31.4 Å². The van der Waals surface area contributed by atoms with Crippen molar-refractivity contribution in [3.63, 3.8) is 0 Å². The van der Waals surface area contributed by atoms with E-state index in [0.29, 0.717) is 19.7 Å². The van der Waals surface area contributed by atoms with E-state index in [4.69, 9.17) is 9.73 Å². The Morgan fingerprint density at radius 1 is 1.19 bits per heavy atom. The number of para-hydroxylation sites is 1. The van der Waals surface area contributed by atoms with Crippen LogP contribution in [-0.2, 0) is 27.2 Å². The molecule has 0 radical (unpaired) electrons. The number of hydrogen-bond acceptors (Lipinski definition) is 5. The molecule has 0 spiro atoms. The van der Waals surface area contributed by atoms with E-state index in [0.717, 1.165) is 52.3 Å². The van der Waals surface area contributed by atoms with Crippen molar-refractivity contribution in [1.82, 2.24) is 35.2 Å². The summed E-state index contributed by atoms with van der Waals surface area (Å²) in [5.74, 6) is 3.38. The Balaban J connectivity index is 1.57. The summed E-state index contributed by atoms with van der Waals surface area (Å²) >= 11 is 0. The monoisotopic (exact) mass is 422 g/mol. The van der Waals surface area contributed by atoms with Crippen molar-refractivity contribution in [2.75, 3.05) is 6.61 Å². The number of aliphatic imine (C=N–C) groups is 1. The Bertz CT molecular complexity index is 1100. The summed E-state index contributed by atoms with van der Waals surface area (Å²) in [5.41, 5.74) is 4.42. The molecule has 31 heavy (non-hydrogen) atoms. The Labute approximate surface area is 182 Å². The summed E-state index contributed by atoms with van der Waals surface area (Å²) in [7, 11) is 3.93. The minimum Gasteiger partial charge on any atom is -0.493 e. The van der Waals surface area contributed by atoms with E-state index in [-0.39, 0.29) is 6.04 Å². The highest BCUT2D eigenvalue weighted by molar-refractivity contribution is 5.80. The summed E-state index contributed by atoms with van der Waals surface area (Å²) in [6, 6.07) is 8.27. The van der Waals surface area contributed by atoms with Gasteiger partial charge in [0.15, 0.2) is 11.8 Å². The van der Waals surface area contributed by atoms with E-state index in [9.17, 15) is 0 Å². The zero-order valence-corrected chi connectivity index (χ0v) is 18.8. The van der Waals surface area contributed by atoms with Crippen molar-refractivity contribution in [1.29, 1.82) is 0 Å². The molecule has 164 valence electrons. The third-order valence-corrected chi connectivity index (χ3v) is 5.92. The van der Waals surface area contributed by atoms with Crippen LogP contribution in [0.3, 0.4) is 0 Å². The van der Waals surface area contributed by atoms with Gasteiger partial charge in [-0.3, -0.25) is 4.68 Å². The highest BCUT2D eigenvalue weighted by Gasteiger charge is 2.22. The van der Waals surface area contributed by atoms with Gasteiger partial charge >= 0.3 is 0 Å². The average Bonchev–Trinajstić information content (AvgIpc) is 3.21. The lowest BCUT2D eigenvalue weighted by atomic mass is 10.0. The van der Waals surface area contributed by atoms with Gasteiger partial charge < -0.3 is 19.9 Å². The smallest absolute Gasteiger partial charge is 0.192 e. The van der Waals surface area contributed by atoms with Crippen LogP contribution in [0.4, 0.5) is 0 Å². The van der Waals surface area contributed by atoms with Gasteiger partial charge in [-0.25, -0.2) is 4.99 Å². The molecule has 0 aliphatic carbocycles. The van der Waals surface area contributed by atoms with Gasteiger partial charge in [-0.2, -0.15) is 5.10 Å². The third-order valence-electron chi connectivity index (χ3n) is 5.92.